The summed E-state index contributed by atoms with van der Waals surface area (Å²) >= 11 is 0. The maximum absolute atomic E-state index is 12.4. The van der Waals surface area contributed by atoms with Crippen molar-refractivity contribution in [3.05, 3.63) is 48.3 Å². The van der Waals surface area contributed by atoms with Gasteiger partial charge in [0.25, 0.3) is 0 Å². The highest BCUT2D eigenvalue weighted by Gasteiger charge is 2.20. The van der Waals surface area contributed by atoms with Crippen LogP contribution in [0.4, 0.5) is 5.69 Å². The first kappa shape index (κ1) is 17.5. The van der Waals surface area contributed by atoms with Gasteiger partial charge in [-0.05, 0) is 17.7 Å². The molecule has 2 aromatic rings. The number of carbonyl (C=O) groups is 1. The lowest BCUT2D eigenvalue weighted by atomic mass is 10.1. The van der Waals surface area contributed by atoms with Crippen molar-refractivity contribution in [2.45, 2.75) is 13.1 Å². The second-order valence-corrected chi connectivity index (χ2v) is 4.55. The van der Waals surface area contributed by atoms with E-state index in [1.54, 1.807) is 17.1 Å². The molecule has 7 heteroatoms. The van der Waals surface area contributed by atoms with Crippen LogP contribution in [0, 0.1) is 0 Å². The predicted octanol–water partition coefficient (Wildman–Crippen LogP) is 1.86. The average Bonchev–Trinajstić information content (AvgIpc) is 2.83. The Hall–Kier alpha value is -1.56. The van der Waals surface area contributed by atoms with E-state index in [1.165, 1.54) is 0 Å². The minimum atomic E-state index is 0. The standard InChI is InChI=1S/C14H16N4O.2ClH/c19-14(11-17-8-3-6-16-17)18-9-7-15-10-12-4-1-2-5-13(12)18;;/h1-6,8,15H,7,9-11H2;2*1H. The van der Waals surface area contributed by atoms with Crippen molar-refractivity contribution in [3.63, 3.8) is 0 Å². The molecule has 3 rings (SSSR count). The number of carbonyl (C=O) groups excluding carboxylic acids is 1. The van der Waals surface area contributed by atoms with Crippen molar-refractivity contribution in [2.75, 3.05) is 18.0 Å². The van der Waals surface area contributed by atoms with Gasteiger partial charge in [0.1, 0.15) is 6.54 Å². The van der Waals surface area contributed by atoms with Crippen LogP contribution < -0.4 is 10.2 Å². The number of rotatable bonds is 2. The molecule has 21 heavy (non-hydrogen) atoms. The second-order valence-electron chi connectivity index (χ2n) is 4.55. The summed E-state index contributed by atoms with van der Waals surface area (Å²) in [5.74, 6) is 0.0693. The van der Waals surface area contributed by atoms with Crippen LogP contribution in [0.15, 0.2) is 42.7 Å². The summed E-state index contributed by atoms with van der Waals surface area (Å²) in [6, 6.07) is 9.86. The minimum Gasteiger partial charge on any atom is -0.311 e. The van der Waals surface area contributed by atoms with E-state index in [4.69, 9.17) is 0 Å². The van der Waals surface area contributed by atoms with Gasteiger partial charge in [0.15, 0.2) is 0 Å². The topological polar surface area (TPSA) is 50.2 Å². The van der Waals surface area contributed by atoms with Crippen LogP contribution in [0.25, 0.3) is 0 Å². The Balaban J connectivity index is 0.00000110. The molecule has 0 spiro atoms. The number of fused-ring (bicyclic) bond motifs is 1. The number of para-hydroxylation sites is 1. The molecule has 0 aliphatic carbocycles. The van der Waals surface area contributed by atoms with E-state index in [0.717, 1.165) is 24.3 Å². The van der Waals surface area contributed by atoms with E-state index in [9.17, 15) is 4.79 Å². The van der Waals surface area contributed by atoms with Gasteiger partial charge in [0, 0.05) is 37.7 Å². The van der Waals surface area contributed by atoms with Crippen molar-refractivity contribution in [3.8, 4) is 0 Å². The van der Waals surface area contributed by atoms with Gasteiger partial charge < -0.3 is 10.2 Å². The van der Waals surface area contributed by atoms with Crippen molar-refractivity contribution in [1.29, 1.82) is 0 Å². The van der Waals surface area contributed by atoms with E-state index in [-0.39, 0.29) is 37.3 Å². The van der Waals surface area contributed by atoms with Gasteiger partial charge in [-0.1, -0.05) is 18.2 Å². The second kappa shape index (κ2) is 8.02. The van der Waals surface area contributed by atoms with Crippen LogP contribution in [-0.2, 0) is 17.9 Å². The Morgan fingerprint density at radius 1 is 1.24 bits per heavy atom. The maximum atomic E-state index is 12.4. The smallest absolute Gasteiger partial charge is 0.248 e. The third-order valence-corrected chi connectivity index (χ3v) is 3.27. The van der Waals surface area contributed by atoms with Gasteiger partial charge >= 0.3 is 0 Å². The largest absolute Gasteiger partial charge is 0.311 e. The van der Waals surface area contributed by atoms with Crippen LogP contribution in [0.2, 0.25) is 0 Å². The van der Waals surface area contributed by atoms with Crippen molar-refractivity contribution in [1.82, 2.24) is 15.1 Å². The third kappa shape index (κ3) is 3.97. The molecule has 1 aliphatic rings. The molecule has 0 atom stereocenters. The first-order valence-electron chi connectivity index (χ1n) is 6.41. The number of anilines is 1. The number of nitrogens with one attached hydrogen (secondary N) is 1. The van der Waals surface area contributed by atoms with Gasteiger partial charge in [-0.15, -0.1) is 24.8 Å². The maximum Gasteiger partial charge on any atom is 0.248 e. The number of nitrogens with zero attached hydrogens (tertiary/aromatic N) is 3. The van der Waals surface area contributed by atoms with E-state index >= 15 is 0 Å². The lowest BCUT2D eigenvalue weighted by Gasteiger charge is -2.22. The Kier molecular flexibility index (Phi) is 6.68. The monoisotopic (exact) mass is 328 g/mol. The normalized spacial score (nSPS) is 13.4. The summed E-state index contributed by atoms with van der Waals surface area (Å²) in [6.07, 6.45) is 3.49. The summed E-state index contributed by atoms with van der Waals surface area (Å²) in [7, 11) is 0. The zero-order valence-electron chi connectivity index (χ0n) is 11.4. The Labute approximate surface area is 136 Å². The van der Waals surface area contributed by atoms with Gasteiger partial charge in [0.05, 0.1) is 0 Å². The first-order chi connectivity index (χ1) is 9.34. The quantitative estimate of drug-likeness (QED) is 0.915. The van der Waals surface area contributed by atoms with Gasteiger partial charge in [-0.3, -0.25) is 9.48 Å². The molecule has 0 saturated heterocycles. The van der Waals surface area contributed by atoms with Crippen LogP contribution >= 0.6 is 24.8 Å². The molecule has 1 aliphatic heterocycles. The predicted molar refractivity (Wildman–Crippen MR) is 87.2 cm³/mol. The minimum absolute atomic E-state index is 0. The third-order valence-electron chi connectivity index (χ3n) is 3.27. The molecule has 1 aromatic carbocycles. The van der Waals surface area contributed by atoms with E-state index in [2.05, 4.69) is 16.5 Å². The number of halogens is 2. The highest BCUT2D eigenvalue weighted by molar-refractivity contribution is 5.94. The zero-order chi connectivity index (χ0) is 13.1. The Morgan fingerprint density at radius 3 is 2.81 bits per heavy atom. The molecule has 2 heterocycles. The van der Waals surface area contributed by atoms with Crippen LogP contribution in [0.5, 0.6) is 0 Å². The molecule has 0 saturated carbocycles. The van der Waals surface area contributed by atoms with E-state index in [0.29, 0.717) is 6.54 Å². The Morgan fingerprint density at radius 2 is 2.05 bits per heavy atom. The fraction of sp³-hybridized carbons (Fsp3) is 0.286. The SMILES string of the molecule is Cl.Cl.O=C(Cn1cccn1)N1CCNCc2ccccc21. The Bertz CT molecular complexity index is 574. The fourth-order valence-corrected chi connectivity index (χ4v) is 2.33. The zero-order valence-corrected chi connectivity index (χ0v) is 13.1. The molecule has 1 aromatic heterocycles. The molecule has 5 nitrogen and oxygen atoms in total. The summed E-state index contributed by atoms with van der Waals surface area (Å²) < 4.78 is 1.66. The molecule has 1 N–H and O–H groups in total. The van der Waals surface area contributed by atoms with Crippen molar-refractivity contribution in [2.24, 2.45) is 0 Å². The number of hydrogen-bond donors (Lipinski definition) is 1. The summed E-state index contributed by atoms with van der Waals surface area (Å²) in [4.78, 5) is 14.3. The van der Waals surface area contributed by atoms with E-state index in [1.807, 2.05) is 29.2 Å². The molecule has 1 amide bonds. The fourth-order valence-electron chi connectivity index (χ4n) is 2.33. The molecule has 0 fully saturated rings. The lowest BCUT2D eigenvalue weighted by molar-refractivity contribution is -0.119. The number of hydrogen-bond acceptors (Lipinski definition) is 3. The molecular formula is C14H18Cl2N4O. The molecular weight excluding hydrogens is 311 g/mol. The first-order valence-corrected chi connectivity index (χ1v) is 6.41. The van der Waals surface area contributed by atoms with Crippen molar-refractivity contribution >= 4 is 36.4 Å². The highest BCUT2D eigenvalue weighted by Crippen LogP contribution is 2.22. The van der Waals surface area contributed by atoms with Gasteiger partial charge in [-0.25, -0.2) is 0 Å². The van der Waals surface area contributed by atoms with E-state index < -0.39 is 0 Å². The number of amides is 1. The lowest BCUT2D eigenvalue weighted by Crippen LogP contribution is -2.37. The molecule has 0 radical (unpaired) electrons. The van der Waals surface area contributed by atoms with Gasteiger partial charge in [0.2, 0.25) is 5.91 Å². The molecule has 0 bridgehead atoms. The van der Waals surface area contributed by atoms with Gasteiger partial charge in [-0.2, -0.15) is 5.10 Å². The molecule has 114 valence electrons. The number of aromatic nitrogens is 2. The van der Waals surface area contributed by atoms with Crippen LogP contribution in [0.3, 0.4) is 0 Å². The van der Waals surface area contributed by atoms with Crippen LogP contribution in [0.1, 0.15) is 5.56 Å². The number of benzene rings is 1. The van der Waals surface area contributed by atoms with Crippen LogP contribution in [-0.4, -0.2) is 28.8 Å². The highest BCUT2D eigenvalue weighted by atomic mass is 35.5. The summed E-state index contributed by atoms with van der Waals surface area (Å²) in [5, 5.41) is 7.41. The summed E-state index contributed by atoms with van der Waals surface area (Å²) in [6.45, 7) is 2.58. The average molecular weight is 329 g/mol. The molecule has 0 unspecified atom stereocenters. The summed E-state index contributed by atoms with van der Waals surface area (Å²) in [5.41, 5.74) is 2.17. The van der Waals surface area contributed by atoms with Crippen molar-refractivity contribution < 1.29 is 4.79 Å².